The van der Waals surface area contributed by atoms with Crippen LogP contribution in [0.4, 0.5) is 17.6 Å². The molecule has 2 heterocycles. The van der Waals surface area contributed by atoms with E-state index in [1.807, 2.05) is 7.05 Å². The summed E-state index contributed by atoms with van der Waals surface area (Å²) in [4.78, 5) is 17.7. The molecule has 1 N–H and O–H groups in total. The topological polar surface area (TPSA) is 54.5 Å². The lowest BCUT2D eigenvalue weighted by Crippen LogP contribution is -2.34. The second kappa shape index (κ2) is 9.19. The third kappa shape index (κ3) is 5.71. The Hall–Kier alpha value is -1.61. The molecule has 2 rings (SSSR count). The van der Waals surface area contributed by atoms with E-state index in [4.69, 9.17) is 0 Å². The van der Waals surface area contributed by atoms with Crippen LogP contribution in [-0.2, 0) is 0 Å². The number of amides is 1. The van der Waals surface area contributed by atoms with Crippen molar-refractivity contribution in [2.75, 3.05) is 33.3 Å². The molecule has 0 aromatic carbocycles. The van der Waals surface area contributed by atoms with Crippen molar-refractivity contribution in [3.63, 3.8) is 0 Å². The molecule has 0 bridgehead atoms. The second-order valence-electron chi connectivity index (χ2n) is 5.70. The molecule has 1 atom stereocenters. The molecule has 142 valence electrons. The van der Waals surface area contributed by atoms with Crippen molar-refractivity contribution in [3.05, 3.63) is 23.9 Å². The average molecular weight is 386 g/mol. The molecule has 0 spiro atoms. The maximum Gasteiger partial charge on any atom is 0.340 e. The van der Waals surface area contributed by atoms with Crippen molar-refractivity contribution in [1.82, 2.24) is 15.2 Å². The number of alkyl halides is 4. The fourth-order valence-corrected chi connectivity index (χ4v) is 2.48. The molecule has 1 aromatic heterocycles. The standard InChI is InChI=1S/C15H19F4N3O2.ClH/c1-20-6-10-4-5-22(8-10)13(23)11-2-3-12(21-7-11)24-9-15(18,19)14(16)17;/h2-3,7,10,14,20H,4-6,8-9H2,1H3;1H. The van der Waals surface area contributed by atoms with Gasteiger partial charge in [0.05, 0.1) is 5.56 Å². The van der Waals surface area contributed by atoms with E-state index in [0.717, 1.165) is 13.0 Å². The van der Waals surface area contributed by atoms with Crippen molar-refractivity contribution >= 4 is 18.3 Å². The minimum Gasteiger partial charge on any atom is -0.471 e. The highest BCUT2D eigenvalue weighted by Crippen LogP contribution is 2.24. The number of ether oxygens (including phenoxy) is 1. The Labute approximate surface area is 149 Å². The molecular weight excluding hydrogens is 366 g/mol. The SMILES string of the molecule is CNCC1CCN(C(=O)c2ccc(OCC(F)(F)C(F)F)nc2)C1.Cl. The first kappa shape index (κ1) is 21.4. The fourth-order valence-electron chi connectivity index (χ4n) is 2.48. The zero-order chi connectivity index (χ0) is 17.7. The summed E-state index contributed by atoms with van der Waals surface area (Å²) in [5.74, 6) is -4.29. The normalized spacial score (nSPS) is 17.5. The lowest BCUT2D eigenvalue weighted by molar-refractivity contribution is -0.148. The maximum absolute atomic E-state index is 12.8. The summed E-state index contributed by atoms with van der Waals surface area (Å²) in [7, 11) is 1.85. The molecule has 1 aliphatic heterocycles. The van der Waals surface area contributed by atoms with Gasteiger partial charge in [0.15, 0.2) is 6.61 Å². The Morgan fingerprint density at radius 1 is 1.48 bits per heavy atom. The molecule has 1 unspecified atom stereocenters. The van der Waals surface area contributed by atoms with Crippen molar-refractivity contribution in [2.45, 2.75) is 18.8 Å². The van der Waals surface area contributed by atoms with Crippen LogP contribution < -0.4 is 10.1 Å². The highest BCUT2D eigenvalue weighted by Gasteiger charge is 2.41. The molecule has 1 aromatic rings. The quantitative estimate of drug-likeness (QED) is 0.733. The molecule has 1 fully saturated rings. The number of pyridine rings is 1. The van der Waals surface area contributed by atoms with Crippen molar-refractivity contribution in [3.8, 4) is 5.88 Å². The Bertz CT molecular complexity index is 560. The van der Waals surface area contributed by atoms with E-state index in [9.17, 15) is 22.4 Å². The van der Waals surface area contributed by atoms with Gasteiger partial charge in [-0.3, -0.25) is 4.79 Å². The molecular formula is C15H20ClF4N3O2. The van der Waals surface area contributed by atoms with Crippen LogP contribution in [0.2, 0.25) is 0 Å². The number of hydrogen-bond donors (Lipinski definition) is 1. The van der Waals surface area contributed by atoms with Crippen LogP contribution >= 0.6 is 12.4 Å². The summed E-state index contributed by atoms with van der Waals surface area (Å²) in [5.41, 5.74) is 0.299. The Balaban J connectivity index is 0.00000312. The third-order valence-corrected chi connectivity index (χ3v) is 3.78. The highest BCUT2D eigenvalue weighted by atomic mass is 35.5. The van der Waals surface area contributed by atoms with E-state index in [2.05, 4.69) is 15.0 Å². The predicted molar refractivity (Wildman–Crippen MR) is 85.9 cm³/mol. The summed E-state index contributed by atoms with van der Waals surface area (Å²) in [6, 6.07) is 2.60. The van der Waals surface area contributed by atoms with Gasteiger partial charge in [-0.25, -0.2) is 13.8 Å². The number of carbonyl (C=O) groups excluding carboxylic acids is 1. The molecule has 5 nitrogen and oxygen atoms in total. The monoisotopic (exact) mass is 385 g/mol. The maximum atomic E-state index is 12.8. The van der Waals surface area contributed by atoms with Crippen LogP contribution in [0.15, 0.2) is 18.3 Å². The Kier molecular flexibility index (Phi) is 7.88. The van der Waals surface area contributed by atoms with E-state index in [1.54, 1.807) is 4.90 Å². The fraction of sp³-hybridized carbons (Fsp3) is 0.600. The Morgan fingerprint density at radius 2 is 2.20 bits per heavy atom. The van der Waals surface area contributed by atoms with Crippen molar-refractivity contribution in [1.29, 1.82) is 0 Å². The number of aromatic nitrogens is 1. The smallest absolute Gasteiger partial charge is 0.340 e. The third-order valence-electron chi connectivity index (χ3n) is 3.78. The van der Waals surface area contributed by atoms with Gasteiger partial charge < -0.3 is 15.0 Å². The number of carbonyl (C=O) groups is 1. The number of nitrogens with zero attached hydrogens (tertiary/aromatic N) is 2. The van der Waals surface area contributed by atoms with Gasteiger partial charge in [-0.1, -0.05) is 0 Å². The van der Waals surface area contributed by atoms with Gasteiger partial charge in [-0.05, 0) is 32.0 Å². The first-order valence-corrected chi connectivity index (χ1v) is 7.52. The summed E-state index contributed by atoms with van der Waals surface area (Å²) in [6.07, 6.45) is -1.70. The molecule has 1 saturated heterocycles. The lowest BCUT2D eigenvalue weighted by Gasteiger charge is -2.17. The van der Waals surface area contributed by atoms with E-state index >= 15 is 0 Å². The molecule has 1 aliphatic rings. The van der Waals surface area contributed by atoms with Gasteiger partial charge in [-0.15, -0.1) is 12.4 Å². The van der Waals surface area contributed by atoms with E-state index in [1.165, 1.54) is 18.3 Å². The number of likely N-dealkylation sites (tertiary alicyclic amines) is 1. The first-order chi connectivity index (χ1) is 11.3. The van der Waals surface area contributed by atoms with E-state index in [-0.39, 0.29) is 24.2 Å². The lowest BCUT2D eigenvalue weighted by atomic mass is 10.1. The zero-order valence-electron chi connectivity index (χ0n) is 13.6. The van der Waals surface area contributed by atoms with Gasteiger partial charge in [0.25, 0.3) is 5.91 Å². The molecule has 10 heteroatoms. The van der Waals surface area contributed by atoms with Gasteiger partial charge in [0.2, 0.25) is 5.88 Å². The van der Waals surface area contributed by atoms with E-state index in [0.29, 0.717) is 24.6 Å². The van der Waals surface area contributed by atoms with Crippen LogP contribution in [-0.4, -0.2) is 61.4 Å². The molecule has 1 amide bonds. The van der Waals surface area contributed by atoms with Crippen LogP contribution in [0.25, 0.3) is 0 Å². The molecule has 0 aliphatic carbocycles. The zero-order valence-corrected chi connectivity index (χ0v) is 14.4. The van der Waals surface area contributed by atoms with Gasteiger partial charge in [0.1, 0.15) is 0 Å². The summed E-state index contributed by atoms with van der Waals surface area (Å²) in [6.45, 7) is 0.637. The summed E-state index contributed by atoms with van der Waals surface area (Å²) in [5, 5.41) is 3.07. The molecule has 0 radical (unpaired) electrons. The van der Waals surface area contributed by atoms with Crippen LogP contribution in [0.1, 0.15) is 16.8 Å². The van der Waals surface area contributed by atoms with Crippen LogP contribution in [0, 0.1) is 5.92 Å². The second-order valence-corrected chi connectivity index (χ2v) is 5.70. The van der Waals surface area contributed by atoms with Crippen LogP contribution in [0.3, 0.4) is 0 Å². The summed E-state index contributed by atoms with van der Waals surface area (Å²) < 4.78 is 54.2. The number of nitrogens with one attached hydrogen (secondary N) is 1. The predicted octanol–water partition coefficient (Wildman–Crippen LogP) is 2.46. The van der Waals surface area contributed by atoms with Gasteiger partial charge >= 0.3 is 12.3 Å². The minimum absolute atomic E-state index is 0. The average Bonchev–Trinajstić information content (AvgIpc) is 3.02. The molecule has 0 saturated carbocycles. The minimum atomic E-state index is -4.24. The number of rotatable bonds is 7. The number of halogens is 5. The molecule has 25 heavy (non-hydrogen) atoms. The summed E-state index contributed by atoms with van der Waals surface area (Å²) >= 11 is 0. The number of hydrogen-bond acceptors (Lipinski definition) is 4. The Morgan fingerprint density at radius 3 is 2.76 bits per heavy atom. The van der Waals surface area contributed by atoms with Gasteiger partial charge in [-0.2, -0.15) is 8.78 Å². The van der Waals surface area contributed by atoms with Crippen molar-refractivity contribution < 1.29 is 27.1 Å². The highest BCUT2D eigenvalue weighted by molar-refractivity contribution is 5.94. The van der Waals surface area contributed by atoms with Crippen molar-refractivity contribution in [2.24, 2.45) is 5.92 Å². The van der Waals surface area contributed by atoms with Crippen LogP contribution in [0.5, 0.6) is 5.88 Å². The van der Waals surface area contributed by atoms with E-state index < -0.39 is 19.0 Å². The largest absolute Gasteiger partial charge is 0.471 e. The van der Waals surface area contributed by atoms with Gasteiger partial charge in [0, 0.05) is 25.4 Å². The first-order valence-electron chi connectivity index (χ1n) is 7.52.